The van der Waals surface area contributed by atoms with Crippen LogP contribution in [0.25, 0.3) is 0 Å². The molecule has 1 aromatic carbocycles. The average Bonchev–Trinajstić information content (AvgIpc) is 2.66. The Bertz CT molecular complexity index is 542. The minimum absolute atomic E-state index is 0.103. The van der Waals surface area contributed by atoms with Crippen LogP contribution in [0.3, 0.4) is 0 Å². The number of methoxy groups -OCH3 is 1. The molecule has 1 heterocycles. The topological polar surface area (TPSA) is 44.8 Å². The number of nitrogens with one attached hydrogen (secondary N) is 1. The van der Waals surface area contributed by atoms with Gasteiger partial charge in [-0.25, -0.2) is 0 Å². The molecule has 1 aromatic rings. The maximum Gasteiger partial charge on any atom is 0.234 e. The molecule has 1 aliphatic rings. The molecular weight excluding hydrogens is 326 g/mol. The number of hydrogen-bond donors (Lipinski definition) is 1. The van der Waals surface area contributed by atoms with Crippen LogP contribution in [0.5, 0.6) is 5.75 Å². The van der Waals surface area contributed by atoms with Crippen LogP contribution in [0.2, 0.25) is 0 Å². The van der Waals surface area contributed by atoms with Crippen molar-refractivity contribution in [1.29, 1.82) is 0 Å². The number of amides is 1. The van der Waals surface area contributed by atoms with E-state index in [0.717, 1.165) is 30.3 Å². The highest BCUT2D eigenvalue weighted by Crippen LogP contribution is 2.18. The van der Waals surface area contributed by atoms with E-state index in [4.69, 9.17) is 4.74 Å². The van der Waals surface area contributed by atoms with E-state index in [1.54, 1.807) is 7.11 Å². The lowest BCUT2D eigenvalue weighted by molar-refractivity contribution is -0.122. The van der Waals surface area contributed by atoms with Crippen molar-refractivity contribution in [3.63, 3.8) is 0 Å². The van der Waals surface area contributed by atoms with Gasteiger partial charge in [0.25, 0.3) is 0 Å². The third kappa shape index (κ3) is 7.34. The number of piperidine rings is 1. The fourth-order valence-corrected chi connectivity index (χ4v) is 3.53. The van der Waals surface area contributed by atoms with E-state index in [0.29, 0.717) is 13.1 Å². The summed E-state index contributed by atoms with van der Waals surface area (Å²) in [6, 6.07) is 7.82. The first-order chi connectivity index (χ1) is 12.6. The number of carbonyl (C=O) groups excluding carboxylic acids is 1. The summed E-state index contributed by atoms with van der Waals surface area (Å²) >= 11 is 0. The third-order valence-corrected chi connectivity index (χ3v) is 5.16. The summed E-state index contributed by atoms with van der Waals surface area (Å²) in [6.07, 6.45) is 4.93. The first-order valence-electron chi connectivity index (χ1n) is 9.91. The van der Waals surface area contributed by atoms with Crippen LogP contribution in [0, 0.1) is 5.92 Å². The first-order valence-corrected chi connectivity index (χ1v) is 9.91. The number of rotatable bonds is 10. The molecule has 1 aliphatic heterocycles. The smallest absolute Gasteiger partial charge is 0.234 e. The van der Waals surface area contributed by atoms with Gasteiger partial charge in [-0.3, -0.25) is 9.69 Å². The molecule has 1 N–H and O–H groups in total. The van der Waals surface area contributed by atoms with Crippen LogP contribution in [0.4, 0.5) is 0 Å². The second-order valence-corrected chi connectivity index (χ2v) is 7.46. The molecule has 0 radical (unpaired) electrons. The number of benzene rings is 1. The van der Waals surface area contributed by atoms with Crippen LogP contribution in [-0.2, 0) is 11.3 Å². The van der Waals surface area contributed by atoms with Gasteiger partial charge in [0.1, 0.15) is 5.75 Å². The molecule has 26 heavy (non-hydrogen) atoms. The van der Waals surface area contributed by atoms with Crippen molar-refractivity contribution < 1.29 is 9.53 Å². The summed E-state index contributed by atoms with van der Waals surface area (Å²) in [4.78, 5) is 17.0. The van der Waals surface area contributed by atoms with Crippen LogP contribution in [0.15, 0.2) is 24.3 Å². The Morgan fingerprint density at radius 3 is 2.81 bits per heavy atom. The van der Waals surface area contributed by atoms with Crippen molar-refractivity contribution in [2.45, 2.75) is 39.2 Å². The van der Waals surface area contributed by atoms with E-state index in [9.17, 15) is 4.79 Å². The van der Waals surface area contributed by atoms with Crippen molar-refractivity contribution in [3.05, 3.63) is 29.8 Å². The lowest BCUT2D eigenvalue weighted by atomic mass is 9.96. The molecule has 146 valence electrons. The lowest BCUT2D eigenvalue weighted by Crippen LogP contribution is -2.43. The van der Waals surface area contributed by atoms with Gasteiger partial charge >= 0.3 is 0 Å². The van der Waals surface area contributed by atoms with Crippen LogP contribution < -0.4 is 10.1 Å². The van der Waals surface area contributed by atoms with Crippen LogP contribution in [-0.4, -0.2) is 62.6 Å². The molecule has 0 spiro atoms. The van der Waals surface area contributed by atoms with Gasteiger partial charge < -0.3 is 15.0 Å². The fraction of sp³-hybridized carbons (Fsp3) is 0.667. The molecule has 0 saturated carbocycles. The van der Waals surface area contributed by atoms with Gasteiger partial charge in [0, 0.05) is 13.1 Å². The Hall–Kier alpha value is -1.59. The molecule has 0 bridgehead atoms. The third-order valence-electron chi connectivity index (χ3n) is 5.16. The predicted molar refractivity (Wildman–Crippen MR) is 106 cm³/mol. The van der Waals surface area contributed by atoms with Crippen molar-refractivity contribution in [1.82, 2.24) is 15.1 Å². The lowest BCUT2D eigenvalue weighted by Gasteiger charge is -2.33. The van der Waals surface area contributed by atoms with Gasteiger partial charge in [-0.15, -0.1) is 0 Å². The number of ether oxygens (including phenoxy) is 1. The Kier molecular flexibility index (Phi) is 8.92. The second-order valence-electron chi connectivity index (χ2n) is 7.46. The normalized spacial score (nSPS) is 16.0. The summed E-state index contributed by atoms with van der Waals surface area (Å²) in [6.45, 7) is 7.74. The van der Waals surface area contributed by atoms with Gasteiger partial charge in [0.2, 0.25) is 5.91 Å². The molecule has 0 atom stereocenters. The zero-order chi connectivity index (χ0) is 18.8. The van der Waals surface area contributed by atoms with Crippen molar-refractivity contribution >= 4 is 5.91 Å². The van der Waals surface area contributed by atoms with Gasteiger partial charge in [-0.1, -0.05) is 25.5 Å². The number of carbonyl (C=O) groups is 1. The van der Waals surface area contributed by atoms with Gasteiger partial charge in [0.05, 0.1) is 13.7 Å². The Morgan fingerprint density at radius 2 is 2.12 bits per heavy atom. The van der Waals surface area contributed by atoms with Gasteiger partial charge in [-0.05, 0) is 69.6 Å². The molecule has 1 amide bonds. The standard InChI is InChI=1S/C21H35N3O2/c1-4-5-11-23(2)16-18-9-12-24(13-10-18)17-21(25)22-15-19-7-6-8-20(14-19)26-3/h6-8,14,18H,4-5,9-13,15-17H2,1-3H3,(H,22,25). The van der Waals surface area contributed by atoms with Crippen molar-refractivity contribution in [2.75, 3.05) is 46.9 Å². The first kappa shape index (κ1) is 20.7. The van der Waals surface area contributed by atoms with E-state index in [1.807, 2.05) is 24.3 Å². The van der Waals surface area contributed by atoms with Crippen molar-refractivity contribution in [2.24, 2.45) is 5.92 Å². The number of hydrogen-bond acceptors (Lipinski definition) is 4. The monoisotopic (exact) mass is 361 g/mol. The van der Waals surface area contributed by atoms with E-state index >= 15 is 0 Å². The van der Waals surface area contributed by atoms with Crippen LogP contribution >= 0.6 is 0 Å². The number of nitrogens with zero attached hydrogens (tertiary/aromatic N) is 2. The highest BCUT2D eigenvalue weighted by molar-refractivity contribution is 5.78. The van der Waals surface area contributed by atoms with E-state index in [2.05, 4.69) is 29.1 Å². The predicted octanol–water partition coefficient (Wildman–Crippen LogP) is 2.76. The average molecular weight is 362 g/mol. The SMILES string of the molecule is CCCCN(C)CC1CCN(CC(=O)NCc2cccc(OC)c2)CC1. The minimum Gasteiger partial charge on any atom is -0.497 e. The zero-order valence-electron chi connectivity index (χ0n) is 16.7. The van der Waals surface area contributed by atoms with Gasteiger partial charge in [-0.2, -0.15) is 0 Å². The van der Waals surface area contributed by atoms with E-state index < -0.39 is 0 Å². The maximum atomic E-state index is 12.2. The molecule has 1 saturated heterocycles. The zero-order valence-corrected chi connectivity index (χ0v) is 16.7. The second kappa shape index (κ2) is 11.2. The quantitative estimate of drug-likeness (QED) is 0.696. The van der Waals surface area contributed by atoms with Gasteiger partial charge in [0.15, 0.2) is 0 Å². The Labute approximate surface area is 158 Å². The molecule has 5 heteroatoms. The summed E-state index contributed by atoms with van der Waals surface area (Å²) in [7, 11) is 3.89. The molecule has 0 unspecified atom stereocenters. The Morgan fingerprint density at radius 1 is 1.35 bits per heavy atom. The summed E-state index contributed by atoms with van der Waals surface area (Å²) < 4.78 is 5.22. The van der Waals surface area contributed by atoms with Crippen LogP contribution in [0.1, 0.15) is 38.2 Å². The number of likely N-dealkylation sites (tertiary alicyclic amines) is 1. The highest BCUT2D eigenvalue weighted by atomic mass is 16.5. The molecular formula is C21H35N3O2. The molecule has 2 rings (SSSR count). The molecule has 0 aromatic heterocycles. The minimum atomic E-state index is 0.103. The largest absolute Gasteiger partial charge is 0.497 e. The maximum absolute atomic E-state index is 12.2. The fourth-order valence-electron chi connectivity index (χ4n) is 3.53. The number of unbranched alkanes of at least 4 members (excludes halogenated alkanes) is 1. The van der Waals surface area contributed by atoms with E-state index in [-0.39, 0.29) is 5.91 Å². The summed E-state index contributed by atoms with van der Waals surface area (Å²) in [5.74, 6) is 1.70. The van der Waals surface area contributed by atoms with Crippen molar-refractivity contribution in [3.8, 4) is 5.75 Å². The Balaban J connectivity index is 1.64. The summed E-state index contributed by atoms with van der Waals surface area (Å²) in [5, 5.41) is 3.02. The molecule has 1 fully saturated rings. The summed E-state index contributed by atoms with van der Waals surface area (Å²) in [5.41, 5.74) is 1.06. The molecule has 5 nitrogen and oxygen atoms in total. The highest BCUT2D eigenvalue weighted by Gasteiger charge is 2.21. The molecule has 0 aliphatic carbocycles. The van der Waals surface area contributed by atoms with E-state index in [1.165, 1.54) is 38.8 Å².